The molecule has 2 nitrogen and oxygen atoms in total. The number of carbonyl (C=O) groups excluding carboxylic acids is 1. The van der Waals surface area contributed by atoms with Gasteiger partial charge in [-0.25, -0.2) is 8.78 Å². The minimum Gasteiger partial charge on any atom is -0.274 e. The predicted molar refractivity (Wildman–Crippen MR) is 44.1 cm³/mol. The minimum absolute atomic E-state index is 0.314. The lowest BCUT2D eigenvalue weighted by Crippen LogP contribution is -2.03. The number of halogens is 3. The first-order valence-corrected chi connectivity index (χ1v) is 3.85. The molecule has 1 aromatic heterocycles. The van der Waals surface area contributed by atoms with Crippen LogP contribution in [0.1, 0.15) is 28.0 Å². The zero-order valence-corrected chi connectivity index (χ0v) is 7.48. The number of rotatable bonds is 2. The first-order chi connectivity index (χ1) is 6.04. The van der Waals surface area contributed by atoms with Gasteiger partial charge in [-0.05, 0) is 30.2 Å². The molecule has 0 N–H and O–H groups in total. The largest absolute Gasteiger partial charge is 0.274 e. The van der Waals surface area contributed by atoms with Crippen LogP contribution in [-0.4, -0.2) is 10.2 Å². The van der Waals surface area contributed by atoms with Gasteiger partial charge in [-0.15, -0.1) is 0 Å². The zero-order chi connectivity index (χ0) is 10.0. The van der Waals surface area contributed by atoms with Crippen molar-refractivity contribution >= 4 is 16.8 Å². The summed E-state index contributed by atoms with van der Waals surface area (Å²) in [7, 11) is 0. The lowest BCUT2D eigenvalue weighted by Gasteiger charge is -2.06. The van der Waals surface area contributed by atoms with Gasteiger partial charge in [0.25, 0.3) is 11.7 Å². The molecular formula is C8H6ClF2NO. The fraction of sp³-hybridized carbons (Fsp3) is 0.250. The Morgan fingerprint density at radius 3 is 2.62 bits per heavy atom. The van der Waals surface area contributed by atoms with E-state index in [4.69, 9.17) is 11.6 Å². The Hall–Kier alpha value is -1.03. The van der Waals surface area contributed by atoms with E-state index in [1.165, 1.54) is 19.2 Å². The van der Waals surface area contributed by atoms with Crippen molar-refractivity contribution in [1.29, 1.82) is 0 Å². The monoisotopic (exact) mass is 205 g/mol. The molecule has 0 fully saturated rings. The summed E-state index contributed by atoms with van der Waals surface area (Å²) in [5.74, 6) is 0. The van der Waals surface area contributed by atoms with Crippen LogP contribution in [0.2, 0.25) is 0 Å². The average molecular weight is 206 g/mol. The third kappa shape index (κ3) is 2.01. The van der Waals surface area contributed by atoms with E-state index in [1.54, 1.807) is 0 Å². The van der Waals surface area contributed by atoms with E-state index < -0.39 is 11.7 Å². The van der Waals surface area contributed by atoms with E-state index >= 15 is 0 Å². The molecule has 5 heteroatoms. The highest BCUT2D eigenvalue weighted by Gasteiger charge is 2.20. The maximum absolute atomic E-state index is 12.4. The van der Waals surface area contributed by atoms with Gasteiger partial charge in [0, 0.05) is 6.20 Å². The molecule has 1 heterocycles. The molecule has 0 saturated heterocycles. The van der Waals surface area contributed by atoms with Crippen molar-refractivity contribution < 1.29 is 13.6 Å². The summed E-state index contributed by atoms with van der Waals surface area (Å²) in [5.41, 5.74) is -0.437. The smallest absolute Gasteiger partial charge is 0.271 e. The Bertz CT molecular complexity index is 341. The van der Waals surface area contributed by atoms with Crippen LogP contribution in [0.5, 0.6) is 0 Å². The minimum atomic E-state index is -2.73. The average Bonchev–Trinajstić information content (AvgIpc) is 2.02. The Morgan fingerprint density at radius 1 is 1.62 bits per heavy atom. The second-order valence-electron chi connectivity index (χ2n) is 2.46. The second kappa shape index (κ2) is 3.79. The highest BCUT2D eigenvalue weighted by atomic mass is 35.5. The van der Waals surface area contributed by atoms with Crippen LogP contribution in [0.25, 0.3) is 0 Å². The third-order valence-corrected chi connectivity index (χ3v) is 1.79. The van der Waals surface area contributed by atoms with E-state index in [1.807, 2.05) is 0 Å². The second-order valence-corrected chi connectivity index (χ2v) is 2.81. The summed E-state index contributed by atoms with van der Waals surface area (Å²) < 4.78 is 24.8. The number of alkyl halides is 2. The molecule has 70 valence electrons. The maximum Gasteiger partial charge on any atom is 0.271 e. The maximum atomic E-state index is 12.4. The van der Waals surface area contributed by atoms with Crippen molar-refractivity contribution in [2.75, 3.05) is 0 Å². The molecule has 0 unspecified atom stereocenters. The van der Waals surface area contributed by atoms with Gasteiger partial charge < -0.3 is 0 Å². The van der Waals surface area contributed by atoms with Crippen LogP contribution in [-0.2, 0) is 0 Å². The van der Waals surface area contributed by atoms with Gasteiger partial charge in [-0.2, -0.15) is 0 Å². The predicted octanol–water partition coefficient (Wildman–Crippen LogP) is 2.71. The molecule has 0 amide bonds. The molecule has 0 aliphatic carbocycles. The number of nitrogens with zero attached hydrogens (tertiary/aromatic N) is 1. The molecule has 0 atom stereocenters. The molecule has 0 aliphatic heterocycles. The van der Waals surface area contributed by atoms with Crippen molar-refractivity contribution in [2.45, 2.75) is 13.3 Å². The molecule has 13 heavy (non-hydrogen) atoms. The van der Waals surface area contributed by atoms with E-state index in [-0.39, 0.29) is 11.3 Å². The molecule has 0 radical (unpaired) electrons. The molecule has 1 rings (SSSR count). The summed E-state index contributed by atoms with van der Waals surface area (Å²) in [6, 6.07) is 1.41. The quantitative estimate of drug-likeness (QED) is 0.695. The Labute approximate surface area is 78.5 Å². The molecule has 0 bridgehead atoms. The van der Waals surface area contributed by atoms with Crippen LogP contribution in [0.3, 0.4) is 0 Å². The first-order valence-electron chi connectivity index (χ1n) is 3.47. The molecule has 0 saturated carbocycles. The summed E-state index contributed by atoms with van der Waals surface area (Å²) in [6.07, 6.45) is -1.46. The van der Waals surface area contributed by atoms with E-state index in [9.17, 15) is 13.6 Å². The fourth-order valence-corrected chi connectivity index (χ4v) is 1.15. The number of hydrogen-bond acceptors (Lipinski definition) is 2. The summed E-state index contributed by atoms with van der Waals surface area (Å²) in [4.78, 5) is 14.2. The molecular weight excluding hydrogens is 200 g/mol. The highest BCUT2D eigenvalue weighted by molar-refractivity contribution is 6.67. The topological polar surface area (TPSA) is 30.0 Å². The summed E-state index contributed by atoms with van der Waals surface area (Å²) >= 11 is 5.09. The molecule has 1 aromatic rings. The van der Waals surface area contributed by atoms with Crippen molar-refractivity contribution in [3.63, 3.8) is 0 Å². The van der Waals surface area contributed by atoms with E-state index in [0.717, 1.165) is 0 Å². The molecule has 0 aromatic carbocycles. The lowest BCUT2D eigenvalue weighted by atomic mass is 10.1. The van der Waals surface area contributed by atoms with Crippen LogP contribution in [0, 0.1) is 6.92 Å². The van der Waals surface area contributed by atoms with Crippen LogP contribution in [0.4, 0.5) is 8.78 Å². The highest BCUT2D eigenvalue weighted by Crippen LogP contribution is 2.25. The van der Waals surface area contributed by atoms with Gasteiger partial charge in [0.2, 0.25) is 0 Å². The third-order valence-electron chi connectivity index (χ3n) is 1.61. The Kier molecular flexibility index (Phi) is 2.93. The van der Waals surface area contributed by atoms with Crippen molar-refractivity contribution in [2.24, 2.45) is 0 Å². The van der Waals surface area contributed by atoms with Gasteiger partial charge in [0.1, 0.15) is 5.69 Å². The van der Waals surface area contributed by atoms with Crippen molar-refractivity contribution in [3.8, 4) is 0 Å². The van der Waals surface area contributed by atoms with Gasteiger partial charge in [0.15, 0.2) is 0 Å². The van der Waals surface area contributed by atoms with Crippen molar-refractivity contribution in [3.05, 3.63) is 29.1 Å². The zero-order valence-electron chi connectivity index (χ0n) is 6.72. The lowest BCUT2D eigenvalue weighted by molar-refractivity contribution is 0.106. The van der Waals surface area contributed by atoms with Crippen LogP contribution in [0.15, 0.2) is 12.3 Å². The molecule has 0 aliphatic rings. The fourth-order valence-electron chi connectivity index (χ4n) is 1.00. The number of carbonyl (C=O) groups is 1. The number of aryl methyl sites for hydroxylation is 1. The normalized spacial score (nSPS) is 10.5. The number of aromatic nitrogens is 1. The van der Waals surface area contributed by atoms with Crippen molar-refractivity contribution in [1.82, 2.24) is 4.98 Å². The van der Waals surface area contributed by atoms with Gasteiger partial charge in [-0.3, -0.25) is 9.78 Å². The standard InChI is InChI=1S/C8H6ClF2NO/c1-4-2-3-12-6(7(9)13)5(4)8(10)11/h2-3,8H,1H3. The van der Waals surface area contributed by atoms with Gasteiger partial charge >= 0.3 is 0 Å². The Morgan fingerprint density at radius 2 is 2.23 bits per heavy atom. The summed E-state index contributed by atoms with van der Waals surface area (Å²) in [5, 5.41) is -0.959. The van der Waals surface area contributed by atoms with Crippen LogP contribution < -0.4 is 0 Å². The van der Waals surface area contributed by atoms with Crippen LogP contribution >= 0.6 is 11.6 Å². The van der Waals surface area contributed by atoms with Gasteiger partial charge in [-0.1, -0.05) is 0 Å². The first kappa shape index (κ1) is 10.1. The number of pyridine rings is 1. The number of hydrogen-bond donors (Lipinski definition) is 0. The summed E-state index contributed by atoms with van der Waals surface area (Å²) in [6.45, 7) is 1.48. The van der Waals surface area contributed by atoms with Gasteiger partial charge in [0.05, 0.1) is 5.56 Å². The van der Waals surface area contributed by atoms with E-state index in [2.05, 4.69) is 4.98 Å². The van der Waals surface area contributed by atoms with E-state index in [0.29, 0.717) is 5.56 Å². The Balaban J connectivity index is 3.34. The molecule has 0 spiro atoms. The SMILES string of the molecule is Cc1ccnc(C(=O)Cl)c1C(F)F.